The second-order valence-corrected chi connectivity index (χ2v) is 6.42. The number of halogens is 2. The Balaban J connectivity index is 0.00000220. The van der Waals surface area contributed by atoms with E-state index in [-0.39, 0.29) is 36.1 Å². The first-order chi connectivity index (χ1) is 9.70. The molecule has 22 heavy (non-hydrogen) atoms. The summed E-state index contributed by atoms with van der Waals surface area (Å²) >= 11 is 1.66. The highest BCUT2D eigenvalue weighted by atomic mass is 35.5. The van der Waals surface area contributed by atoms with E-state index in [1.165, 1.54) is 4.88 Å². The predicted octanol–water partition coefficient (Wildman–Crippen LogP) is 2.18. The molecular formula is C14H25Cl2N3O2S. The van der Waals surface area contributed by atoms with Gasteiger partial charge in [-0.15, -0.1) is 36.2 Å². The second-order valence-electron chi connectivity index (χ2n) is 5.22. The zero-order valence-electron chi connectivity index (χ0n) is 13.0. The molecule has 1 amide bonds. The zero-order valence-corrected chi connectivity index (χ0v) is 15.5. The number of rotatable bonds is 6. The summed E-state index contributed by atoms with van der Waals surface area (Å²) in [4.78, 5) is 18.1. The molecule has 0 aromatic carbocycles. The molecule has 0 saturated carbocycles. The van der Waals surface area contributed by atoms with Crippen LogP contribution in [0.3, 0.4) is 0 Å². The molecule has 1 aromatic rings. The Kier molecular flexibility index (Phi) is 10.2. The molecule has 0 atom stereocenters. The second kappa shape index (κ2) is 10.4. The normalized spacial score (nSPS) is 16.3. The van der Waals surface area contributed by atoms with Crippen molar-refractivity contribution < 1.29 is 9.53 Å². The maximum atomic E-state index is 12.5. The van der Waals surface area contributed by atoms with Crippen LogP contribution in [-0.4, -0.2) is 37.7 Å². The molecule has 2 rings (SSSR count). The fraction of sp³-hybridized carbons (Fsp3) is 0.714. The Morgan fingerprint density at radius 1 is 1.45 bits per heavy atom. The Labute approximate surface area is 148 Å². The maximum absolute atomic E-state index is 12.5. The van der Waals surface area contributed by atoms with Crippen molar-refractivity contribution >= 4 is 42.1 Å². The first-order valence-corrected chi connectivity index (χ1v) is 7.93. The monoisotopic (exact) mass is 369 g/mol. The van der Waals surface area contributed by atoms with Gasteiger partial charge in [-0.25, -0.2) is 4.98 Å². The molecule has 1 saturated heterocycles. The first-order valence-electron chi connectivity index (χ1n) is 7.12. The van der Waals surface area contributed by atoms with Crippen LogP contribution in [0, 0.1) is 5.41 Å². The lowest BCUT2D eigenvalue weighted by Crippen LogP contribution is -2.49. The molecular weight excluding hydrogens is 345 g/mol. The number of aryl methyl sites for hydroxylation is 1. The summed E-state index contributed by atoms with van der Waals surface area (Å²) in [5.41, 5.74) is -0.384. The number of piperidine rings is 1. The number of nitrogens with one attached hydrogen (secondary N) is 2. The number of thiazole rings is 1. The van der Waals surface area contributed by atoms with Crippen LogP contribution in [0.15, 0.2) is 6.20 Å². The molecule has 0 bridgehead atoms. The van der Waals surface area contributed by atoms with Gasteiger partial charge in [0.1, 0.15) is 5.01 Å². The van der Waals surface area contributed by atoms with Crippen molar-refractivity contribution in [3.05, 3.63) is 16.1 Å². The molecule has 0 radical (unpaired) electrons. The van der Waals surface area contributed by atoms with Crippen molar-refractivity contribution in [3.8, 4) is 0 Å². The lowest BCUT2D eigenvalue weighted by atomic mass is 9.78. The standard InChI is InChI=1S/C14H23N3O2S.2ClH/c1-3-11-8-16-12(20-11)9-17-13(18)14(10-19-2)4-6-15-7-5-14;;/h8,15H,3-7,9-10H2,1-2H3,(H,17,18);2*1H. The quantitative estimate of drug-likeness (QED) is 0.806. The van der Waals surface area contributed by atoms with Crippen LogP contribution in [0.4, 0.5) is 0 Å². The summed E-state index contributed by atoms with van der Waals surface area (Å²) in [6.45, 7) is 4.85. The molecule has 0 unspecified atom stereocenters. The number of amides is 1. The Bertz CT molecular complexity index is 446. The van der Waals surface area contributed by atoms with E-state index >= 15 is 0 Å². The Hall–Kier alpha value is -0.400. The molecule has 2 N–H and O–H groups in total. The van der Waals surface area contributed by atoms with Gasteiger partial charge in [0, 0.05) is 18.2 Å². The van der Waals surface area contributed by atoms with Crippen LogP contribution in [0.25, 0.3) is 0 Å². The van der Waals surface area contributed by atoms with Gasteiger partial charge >= 0.3 is 0 Å². The van der Waals surface area contributed by atoms with Gasteiger partial charge in [-0.3, -0.25) is 4.79 Å². The average molecular weight is 370 g/mol. The van der Waals surface area contributed by atoms with Crippen LogP contribution in [0.5, 0.6) is 0 Å². The minimum atomic E-state index is -0.384. The van der Waals surface area contributed by atoms with Crippen LogP contribution < -0.4 is 10.6 Å². The summed E-state index contributed by atoms with van der Waals surface area (Å²) in [6.07, 6.45) is 4.53. The molecule has 0 aliphatic carbocycles. The van der Waals surface area contributed by atoms with Crippen molar-refractivity contribution in [2.45, 2.75) is 32.7 Å². The number of hydrogen-bond donors (Lipinski definition) is 2. The third-order valence-electron chi connectivity index (χ3n) is 3.81. The molecule has 1 aromatic heterocycles. The summed E-state index contributed by atoms with van der Waals surface area (Å²) in [5.74, 6) is 0.0918. The van der Waals surface area contributed by atoms with Gasteiger partial charge in [-0.1, -0.05) is 6.92 Å². The number of methoxy groups -OCH3 is 1. The fourth-order valence-corrected chi connectivity index (χ4v) is 3.36. The van der Waals surface area contributed by atoms with E-state index in [2.05, 4.69) is 22.5 Å². The van der Waals surface area contributed by atoms with Gasteiger partial charge in [0.05, 0.1) is 18.6 Å². The zero-order chi connectivity index (χ0) is 14.4. The van der Waals surface area contributed by atoms with Gasteiger partial charge < -0.3 is 15.4 Å². The molecule has 1 aliphatic rings. The van der Waals surface area contributed by atoms with Crippen LogP contribution in [0.1, 0.15) is 29.7 Å². The number of nitrogens with zero attached hydrogens (tertiary/aromatic N) is 1. The van der Waals surface area contributed by atoms with Crippen molar-refractivity contribution in [2.75, 3.05) is 26.8 Å². The summed E-state index contributed by atoms with van der Waals surface area (Å²) in [7, 11) is 1.66. The summed E-state index contributed by atoms with van der Waals surface area (Å²) in [5, 5.41) is 7.29. The van der Waals surface area contributed by atoms with Crippen molar-refractivity contribution in [1.29, 1.82) is 0 Å². The topological polar surface area (TPSA) is 63.2 Å². The molecule has 5 nitrogen and oxygen atoms in total. The summed E-state index contributed by atoms with van der Waals surface area (Å²) < 4.78 is 5.28. The van der Waals surface area contributed by atoms with E-state index < -0.39 is 0 Å². The smallest absolute Gasteiger partial charge is 0.228 e. The van der Waals surface area contributed by atoms with Crippen molar-refractivity contribution in [2.24, 2.45) is 5.41 Å². The minimum absolute atomic E-state index is 0. The number of hydrogen-bond acceptors (Lipinski definition) is 5. The van der Waals surface area contributed by atoms with Crippen LogP contribution in [0.2, 0.25) is 0 Å². The summed E-state index contributed by atoms with van der Waals surface area (Å²) in [6, 6.07) is 0. The SMILES string of the molecule is CCc1cnc(CNC(=O)C2(COC)CCNCC2)s1.Cl.Cl. The van der Waals surface area contributed by atoms with Crippen LogP contribution in [-0.2, 0) is 22.5 Å². The molecule has 8 heteroatoms. The highest BCUT2D eigenvalue weighted by molar-refractivity contribution is 7.11. The van der Waals surface area contributed by atoms with E-state index in [1.807, 2.05) is 6.20 Å². The number of carbonyl (C=O) groups is 1. The Morgan fingerprint density at radius 3 is 2.68 bits per heavy atom. The van der Waals surface area contributed by atoms with E-state index in [9.17, 15) is 4.79 Å². The molecule has 1 fully saturated rings. The Morgan fingerprint density at radius 2 is 2.14 bits per heavy atom. The van der Waals surface area contributed by atoms with Gasteiger partial charge in [0.2, 0.25) is 5.91 Å². The highest BCUT2D eigenvalue weighted by Crippen LogP contribution is 2.29. The predicted molar refractivity (Wildman–Crippen MR) is 94.2 cm³/mol. The van der Waals surface area contributed by atoms with E-state index in [4.69, 9.17) is 4.74 Å². The number of carbonyl (C=O) groups excluding carboxylic acids is 1. The maximum Gasteiger partial charge on any atom is 0.228 e. The van der Waals surface area contributed by atoms with Gasteiger partial charge in [-0.05, 0) is 32.4 Å². The molecule has 128 valence electrons. The highest BCUT2D eigenvalue weighted by Gasteiger charge is 2.39. The molecule has 1 aliphatic heterocycles. The van der Waals surface area contributed by atoms with Crippen molar-refractivity contribution in [3.63, 3.8) is 0 Å². The van der Waals surface area contributed by atoms with Crippen molar-refractivity contribution in [1.82, 2.24) is 15.6 Å². The lowest BCUT2D eigenvalue weighted by Gasteiger charge is -2.35. The first kappa shape index (κ1) is 21.6. The number of aromatic nitrogens is 1. The van der Waals surface area contributed by atoms with Crippen LogP contribution >= 0.6 is 36.2 Å². The molecule has 0 spiro atoms. The number of ether oxygens (including phenoxy) is 1. The minimum Gasteiger partial charge on any atom is -0.384 e. The fourth-order valence-electron chi connectivity index (χ4n) is 2.56. The lowest BCUT2D eigenvalue weighted by molar-refractivity contribution is -0.136. The van der Waals surface area contributed by atoms with Gasteiger partial charge in [0.15, 0.2) is 0 Å². The third kappa shape index (κ3) is 5.35. The third-order valence-corrected chi connectivity index (χ3v) is 4.95. The average Bonchev–Trinajstić information content (AvgIpc) is 2.94. The largest absolute Gasteiger partial charge is 0.384 e. The van der Waals surface area contributed by atoms with E-state index in [1.54, 1.807) is 18.4 Å². The van der Waals surface area contributed by atoms with E-state index in [0.29, 0.717) is 13.2 Å². The molecule has 2 heterocycles. The van der Waals surface area contributed by atoms with Gasteiger partial charge in [-0.2, -0.15) is 0 Å². The van der Waals surface area contributed by atoms with Gasteiger partial charge in [0.25, 0.3) is 0 Å². The van der Waals surface area contributed by atoms with E-state index in [0.717, 1.165) is 37.4 Å².